The van der Waals surface area contributed by atoms with Crippen LogP contribution in [-0.4, -0.2) is 32.5 Å². The van der Waals surface area contributed by atoms with E-state index in [2.05, 4.69) is 15.3 Å². The van der Waals surface area contributed by atoms with Crippen LogP contribution >= 0.6 is 23.4 Å². The number of nitrogens with one attached hydrogen (secondary N) is 1. The highest BCUT2D eigenvalue weighted by molar-refractivity contribution is 8.16. The SMILES string of the molecule is CC1=C(C(=O)OC(C)(C)C)[C@H](c2ccc(Cl)cc2)N2C(CC(=O)NCc3ccccn3)=CSC2=N1. The second kappa shape index (κ2) is 10.3. The maximum Gasteiger partial charge on any atom is 0.338 e. The normalized spacial score (nSPS) is 17.5. The van der Waals surface area contributed by atoms with E-state index in [0.29, 0.717) is 28.0 Å². The molecule has 0 saturated heterocycles. The smallest absolute Gasteiger partial charge is 0.338 e. The molecular weight excluding hydrogens is 484 g/mol. The van der Waals surface area contributed by atoms with Gasteiger partial charge in [0, 0.05) is 16.9 Å². The Kier molecular flexibility index (Phi) is 7.33. The molecule has 182 valence electrons. The van der Waals surface area contributed by atoms with Gasteiger partial charge in [-0.1, -0.05) is 41.6 Å². The molecule has 1 aromatic heterocycles. The molecule has 0 unspecified atom stereocenters. The number of amidine groups is 1. The summed E-state index contributed by atoms with van der Waals surface area (Å²) in [7, 11) is 0. The van der Waals surface area contributed by atoms with E-state index in [1.807, 2.05) is 68.3 Å². The molecule has 0 bridgehead atoms. The van der Waals surface area contributed by atoms with Crippen molar-refractivity contribution in [1.82, 2.24) is 15.2 Å². The van der Waals surface area contributed by atoms with Gasteiger partial charge in [0.05, 0.1) is 36.0 Å². The van der Waals surface area contributed by atoms with Gasteiger partial charge < -0.3 is 15.0 Å². The van der Waals surface area contributed by atoms with Crippen LogP contribution in [0.25, 0.3) is 0 Å². The van der Waals surface area contributed by atoms with Gasteiger partial charge in [-0.3, -0.25) is 9.78 Å². The van der Waals surface area contributed by atoms with Gasteiger partial charge in [-0.2, -0.15) is 0 Å². The van der Waals surface area contributed by atoms with Crippen LogP contribution in [0.15, 0.2) is 76.0 Å². The maximum atomic E-state index is 13.3. The summed E-state index contributed by atoms with van der Waals surface area (Å²) in [5.41, 5.74) is 2.74. The highest BCUT2D eigenvalue weighted by Gasteiger charge is 2.41. The molecule has 0 aliphatic carbocycles. The predicted octanol–water partition coefficient (Wildman–Crippen LogP) is 5.36. The van der Waals surface area contributed by atoms with E-state index >= 15 is 0 Å². The van der Waals surface area contributed by atoms with Crippen LogP contribution < -0.4 is 5.32 Å². The molecule has 7 nitrogen and oxygen atoms in total. The number of carbonyl (C=O) groups excluding carboxylic acids is 2. The van der Waals surface area contributed by atoms with Crippen molar-refractivity contribution in [1.29, 1.82) is 0 Å². The number of esters is 1. The average molecular weight is 511 g/mol. The number of aliphatic imine (C=N–C) groups is 1. The number of rotatable bonds is 6. The molecule has 1 N–H and O–H groups in total. The lowest BCUT2D eigenvalue weighted by Gasteiger charge is -2.37. The zero-order valence-electron chi connectivity index (χ0n) is 20.0. The molecule has 1 aromatic carbocycles. The first-order valence-electron chi connectivity index (χ1n) is 11.2. The van der Waals surface area contributed by atoms with Gasteiger partial charge in [0.25, 0.3) is 0 Å². The maximum absolute atomic E-state index is 13.3. The minimum absolute atomic E-state index is 0.129. The first-order chi connectivity index (χ1) is 16.6. The lowest BCUT2D eigenvalue weighted by Crippen LogP contribution is -2.39. The van der Waals surface area contributed by atoms with E-state index < -0.39 is 17.6 Å². The number of thioether (sulfide) groups is 1. The van der Waals surface area contributed by atoms with E-state index in [9.17, 15) is 9.59 Å². The predicted molar refractivity (Wildman–Crippen MR) is 138 cm³/mol. The number of hydrogen-bond donors (Lipinski definition) is 1. The fraction of sp³-hybridized carbons (Fsp3) is 0.308. The van der Waals surface area contributed by atoms with Gasteiger partial charge in [-0.05, 0) is 62.9 Å². The van der Waals surface area contributed by atoms with Crippen molar-refractivity contribution < 1.29 is 14.3 Å². The van der Waals surface area contributed by atoms with Crippen LogP contribution in [0.1, 0.15) is 51.4 Å². The number of aromatic nitrogens is 1. The summed E-state index contributed by atoms with van der Waals surface area (Å²) in [6.07, 6.45) is 1.82. The van der Waals surface area contributed by atoms with Crippen LogP contribution in [0.5, 0.6) is 0 Å². The number of benzene rings is 1. The second-order valence-corrected chi connectivity index (χ2v) is 10.5. The molecule has 2 aliphatic rings. The Morgan fingerprint density at radius 2 is 1.91 bits per heavy atom. The van der Waals surface area contributed by atoms with Crippen molar-refractivity contribution in [2.24, 2.45) is 4.99 Å². The molecule has 2 aromatic rings. The molecule has 1 atom stereocenters. The van der Waals surface area contributed by atoms with Crippen molar-refractivity contribution in [2.75, 3.05) is 0 Å². The van der Waals surface area contributed by atoms with Crippen molar-refractivity contribution in [3.05, 3.63) is 87.3 Å². The van der Waals surface area contributed by atoms with Crippen molar-refractivity contribution in [2.45, 2.75) is 52.3 Å². The van der Waals surface area contributed by atoms with E-state index in [0.717, 1.165) is 17.0 Å². The Morgan fingerprint density at radius 3 is 2.57 bits per heavy atom. The van der Waals surface area contributed by atoms with Crippen LogP contribution in [-0.2, 0) is 20.9 Å². The average Bonchev–Trinajstić information content (AvgIpc) is 3.18. The zero-order chi connectivity index (χ0) is 25.2. The molecule has 3 heterocycles. The molecule has 0 fully saturated rings. The molecule has 4 rings (SSSR count). The van der Waals surface area contributed by atoms with Crippen molar-refractivity contribution in [3.63, 3.8) is 0 Å². The summed E-state index contributed by atoms with van der Waals surface area (Å²) in [6.45, 7) is 7.64. The lowest BCUT2D eigenvalue weighted by molar-refractivity contribution is -0.150. The Balaban J connectivity index is 1.62. The van der Waals surface area contributed by atoms with Gasteiger partial charge >= 0.3 is 5.97 Å². The number of halogens is 1. The number of fused-ring (bicyclic) bond motifs is 1. The van der Waals surface area contributed by atoms with Gasteiger partial charge in [0.1, 0.15) is 5.60 Å². The Bertz CT molecular complexity index is 1220. The first-order valence-corrected chi connectivity index (χ1v) is 12.5. The third kappa shape index (κ3) is 5.94. The number of carbonyl (C=O) groups is 2. The molecule has 0 radical (unpaired) electrons. The molecule has 0 spiro atoms. The van der Waals surface area contributed by atoms with E-state index in [4.69, 9.17) is 16.3 Å². The third-order valence-electron chi connectivity index (χ3n) is 5.34. The summed E-state index contributed by atoms with van der Waals surface area (Å²) in [5, 5.41) is 6.13. The fourth-order valence-electron chi connectivity index (χ4n) is 3.84. The number of pyridine rings is 1. The number of allylic oxidation sites excluding steroid dienone is 1. The Labute approximate surface area is 214 Å². The third-order valence-corrected chi connectivity index (χ3v) is 6.48. The Hall–Kier alpha value is -3.10. The summed E-state index contributed by atoms with van der Waals surface area (Å²) >= 11 is 7.58. The summed E-state index contributed by atoms with van der Waals surface area (Å²) in [5.74, 6) is -0.586. The lowest BCUT2D eigenvalue weighted by atomic mass is 9.93. The van der Waals surface area contributed by atoms with E-state index in [1.54, 1.807) is 18.3 Å². The van der Waals surface area contributed by atoms with Crippen LogP contribution in [0.2, 0.25) is 5.02 Å². The highest BCUT2D eigenvalue weighted by Crippen LogP contribution is 2.45. The standard InChI is InChI=1S/C26H27ClN4O3S/c1-16-22(24(33)34-26(2,3)4)23(17-8-10-18(27)11-9-17)31-20(15-35-25(31)30-16)13-21(32)29-14-19-7-5-6-12-28-19/h5-12,15,23H,13-14H2,1-4H3,(H,29,32)/t23-/m0/s1. The van der Waals surface area contributed by atoms with E-state index in [-0.39, 0.29) is 12.3 Å². The van der Waals surface area contributed by atoms with Crippen LogP contribution in [0, 0.1) is 0 Å². The fourth-order valence-corrected chi connectivity index (χ4v) is 4.93. The number of hydrogen-bond acceptors (Lipinski definition) is 7. The molecule has 35 heavy (non-hydrogen) atoms. The monoisotopic (exact) mass is 510 g/mol. The molecule has 0 saturated carbocycles. The highest BCUT2D eigenvalue weighted by atomic mass is 35.5. The van der Waals surface area contributed by atoms with Gasteiger partial charge in [0.2, 0.25) is 5.91 Å². The van der Waals surface area contributed by atoms with Crippen LogP contribution in [0.3, 0.4) is 0 Å². The van der Waals surface area contributed by atoms with E-state index in [1.165, 1.54) is 11.8 Å². The molecule has 2 aliphatic heterocycles. The minimum Gasteiger partial charge on any atom is -0.456 e. The number of amides is 1. The first kappa shape index (κ1) is 25.0. The summed E-state index contributed by atoms with van der Waals surface area (Å²) in [6, 6.07) is 12.4. The van der Waals surface area contributed by atoms with Gasteiger partial charge in [0.15, 0.2) is 5.17 Å². The van der Waals surface area contributed by atoms with Crippen molar-refractivity contribution >= 4 is 40.4 Å². The van der Waals surface area contributed by atoms with Gasteiger partial charge in [-0.15, -0.1) is 0 Å². The summed E-state index contributed by atoms with van der Waals surface area (Å²) < 4.78 is 5.74. The summed E-state index contributed by atoms with van der Waals surface area (Å²) in [4.78, 5) is 37.0. The van der Waals surface area contributed by atoms with Gasteiger partial charge in [-0.25, -0.2) is 9.79 Å². The van der Waals surface area contributed by atoms with Crippen LogP contribution in [0.4, 0.5) is 0 Å². The quantitative estimate of drug-likeness (QED) is 0.527. The minimum atomic E-state index is -0.664. The van der Waals surface area contributed by atoms with Crippen molar-refractivity contribution in [3.8, 4) is 0 Å². The molecular formula is C26H27ClN4O3S. The Morgan fingerprint density at radius 1 is 1.17 bits per heavy atom. The molecule has 9 heteroatoms. The number of ether oxygens (including phenoxy) is 1. The second-order valence-electron chi connectivity index (χ2n) is 9.22. The molecule has 1 amide bonds. The topological polar surface area (TPSA) is 83.9 Å². The largest absolute Gasteiger partial charge is 0.456 e. The zero-order valence-corrected chi connectivity index (χ0v) is 21.6. The number of nitrogens with zero attached hydrogens (tertiary/aromatic N) is 3.